The van der Waals surface area contributed by atoms with Crippen molar-refractivity contribution in [2.45, 2.75) is 45.1 Å². The van der Waals surface area contributed by atoms with E-state index in [0.29, 0.717) is 11.7 Å². The lowest BCUT2D eigenvalue weighted by molar-refractivity contribution is 0.555. The minimum absolute atomic E-state index is 0.0599. The van der Waals surface area contributed by atoms with E-state index in [9.17, 15) is 0 Å². The summed E-state index contributed by atoms with van der Waals surface area (Å²) in [6, 6.07) is 4.52. The van der Waals surface area contributed by atoms with Crippen molar-refractivity contribution in [2.24, 2.45) is 5.73 Å². The molecule has 1 aromatic rings. The molecular weight excluding hydrogens is 224 g/mol. The lowest BCUT2D eigenvalue weighted by Crippen LogP contribution is -2.36. The Kier molecular flexibility index (Phi) is 4.18. The summed E-state index contributed by atoms with van der Waals surface area (Å²) in [5.74, 6) is 0.0599. The third-order valence-electron chi connectivity index (χ3n) is 3.70. The molecule has 1 fully saturated rings. The topological polar surface area (TPSA) is 66.0 Å². The highest BCUT2D eigenvalue weighted by molar-refractivity contribution is 5.98. The minimum Gasteiger partial charge on any atom is -0.382 e. The van der Waals surface area contributed by atoms with Gasteiger partial charge in [0, 0.05) is 18.8 Å². The van der Waals surface area contributed by atoms with Crippen LogP contribution in [0.5, 0.6) is 0 Å². The van der Waals surface area contributed by atoms with E-state index in [4.69, 9.17) is 11.1 Å². The molecule has 18 heavy (non-hydrogen) atoms. The Balaban J connectivity index is 2.35. The molecule has 0 bridgehead atoms. The Morgan fingerprint density at radius 2 is 2.33 bits per heavy atom. The second-order valence-corrected chi connectivity index (χ2v) is 4.89. The van der Waals surface area contributed by atoms with Crippen molar-refractivity contribution >= 4 is 11.5 Å². The van der Waals surface area contributed by atoms with Crippen LogP contribution in [0.1, 0.15) is 44.7 Å². The zero-order chi connectivity index (χ0) is 13.0. The fourth-order valence-electron chi connectivity index (χ4n) is 2.76. The van der Waals surface area contributed by atoms with Crippen LogP contribution in [0.4, 0.5) is 5.69 Å². The molecule has 1 saturated heterocycles. The summed E-state index contributed by atoms with van der Waals surface area (Å²) in [7, 11) is 0. The van der Waals surface area contributed by atoms with E-state index >= 15 is 0 Å². The maximum absolute atomic E-state index is 7.66. The number of nitrogen functional groups attached to an aromatic ring is 1. The number of hydrogen-bond donors (Lipinski definition) is 2. The standard InChI is InChI=1S/C14H22N4/c1-2-11-7-4-3-5-10-18(11)12-8-6-9-17-13(12)14(15)16/h6,8-9,11H,2-5,7,10H2,1H3,(H3,15,16). The molecule has 1 aliphatic rings. The molecule has 0 aliphatic carbocycles. The van der Waals surface area contributed by atoms with Crippen LogP contribution >= 0.6 is 0 Å². The zero-order valence-electron chi connectivity index (χ0n) is 11.0. The van der Waals surface area contributed by atoms with Gasteiger partial charge in [-0.15, -0.1) is 0 Å². The van der Waals surface area contributed by atoms with Gasteiger partial charge in [0.2, 0.25) is 0 Å². The zero-order valence-corrected chi connectivity index (χ0v) is 11.0. The molecule has 0 spiro atoms. The van der Waals surface area contributed by atoms with Crippen LogP contribution < -0.4 is 10.6 Å². The lowest BCUT2D eigenvalue weighted by Gasteiger charge is -2.32. The summed E-state index contributed by atoms with van der Waals surface area (Å²) in [6.07, 6.45) is 7.87. The molecule has 0 saturated carbocycles. The summed E-state index contributed by atoms with van der Waals surface area (Å²) >= 11 is 0. The number of aromatic nitrogens is 1. The minimum atomic E-state index is 0.0599. The van der Waals surface area contributed by atoms with Crippen molar-refractivity contribution in [3.05, 3.63) is 24.0 Å². The lowest BCUT2D eigenvalue weighted by atomic mass is 10.1. The van der Waals surface area contributed by atoms with E-state index in [1.807, 2.05) is 12.1 Å². The van der Waals surface area contributed by atoms with Crippen molar-refractivity contribution in [1.29, 1.82) is 5.41 Å². The molecule has 4 nitrogen and oxygen atoms in total. The molecule has 1 unspecified atom stereocenters. The number of nitrogens with two attached hydrogens (primary N) is 1. The highest BCUT2D eigenvalue weighted by Gasteiger charge is 2.22. The summed E-state index contributed by atoms with van der Waals surface area (Å²) in [5, 5.41) is 7.66. The monoisotopic (exact) mass is 246 g/mol. The molecule has 2 heterocycles. The van der Waals surface area contributed by atoms with Gasteiger partial charge in [0.1, 0.15) is 11.5 Å². The highest BCUT2D eigenvalue weighted by Crippen LogP contribution is 2.27. The SMILES string of the molecule is CCC1CCCCCN1c1cccnc1C(=N)N. The van der Waals surface area contributed by atoms with Crippen LogP contribution in [-0.2, 0) is 0 Å². The third-order valence-corrected chi connectivity index (χ3v) is 3.70. The molecule has 0 aromatic carbocycles. The van der Waals surface area contributed by atoms with Gasteiger partial charge in [-0.05, 0) is 31.4 Å². The van der Waals surface area contributed by atoms with E-state index in [2.05, 4.69) is 16.8 Å². The number of pyridine rings is 1. The average Bonchev–Trinajstić information content (AvgIpc) is 2.63. The van der Waals surface area contributed by atoms with Crippen LogP contribution in [0.3, 0.4) is 0 Å². The maximum atomic E-state index is 7.66. The number of hydrogen-bond acceptors (Lipinski definition) is 3. The number of nitrogens with zero attached hydrogens (tertiary/aromatic N) is 2. The summed E-state index contributed by atoms with van der Waals surface area (Å²) in [5.41, 5.74) is 7.29. The fraction of sp³-hybridized carbons (Fsp3) is 0.571. The molecule has 4 heteroatoms. The maximum Gasteiger partial charge on any atom is 0.143 e. The van der Waals surface area contributed by atoms with Gasteiger partial charge >= 0.3 is 0 Å². The molecule has 1 aromatic heterocycles. The number of amidine groups is 1. The fourth-order valence-corrected chi connectivity index (χ4v) is 2.76. The normalized spacial score (nSPS) is 20.5. The molecule has 0 amide bonds. The quantitative estimate of drug-likeness (QED) is 0.636. The first kappa shape index (κ1) is 12.9. The average molecular weight is 246 g/mol. The van der Waals surface area contributed by atoms with E-state index in [-0.39, 0.29) is 5.84 Å². The van der Waals surface area contributed by atoms with Crippen molar-refractivity contribution in [2.75, 3.05) is 11.4 Å². The van der Waals surface area contributed by atoms with Crippen LogP contribution in [0.2, 0.25) is 0 Å². The van der Waals surface area contributed by atoms with Crippen LogP contribution in [0.15, 0.2) is 18.3 Å². The predicted molar refractivity (Wildman–Crippen MR) is 75.1 cm³/mol. The van der Waals surface area contributed by atoms with Gasteiger partial charge in [-0.25, -0.2) is 0 Å². The molecule has 1 atom stereocenters. The van der Waals surface area contributed by atoms with Crippen LogP contribution in [-0.4, -0.2) is 23.4 Å². The highest BCUT2D eigenvalue weighted by atomic mass is 15.2. The Morgan fingerprint density at radius 3 is 3.06 bits per heavy atom. The molecule has 98 valence electrons. The second-order valence-electron chi connectivity index (χ2n) is 4.89. The first-order valence-corrected chi connectivity index (χ1v) is 6.80. The van der Waals surface area contributed by atoms with Crippen molar-refractivity contribution in [1.82, 2.24) is 4.98 Å². The van der Waals surface area contributed by atoms with E-state index in [1.54, 1.807) is 6.20 Å². The molecule has 1 aliphatic heterocycles. The number of anilines is 1. The predicted octanol–water partition coefficient (Wildman–Crippen LogP) is 2.52. The van der Waals surface area contributed by atoms with E-state index in [0.717, 1.165) is 18.7 Å². The van der Waals surface area contributed by atoms with Gasteiger partial charge in [0.15, 0.2) is 0 Å². The van der Waals surface area contributed by atoms with Gasteiger partial charge in [0.25, 0.3) is 0 Å². The first-order chi connectivity index (χ1) is 8.74. The first-order valence-electron chi connectivity index (χ1n) is 6.80. The van der Waals surface area contributed by atoms with Crippen molar-refractivity contribution in [3.8, 4) is 0 Å². The molecule has 0 radical (unpaired) electrons. The Hall–Kier alpha value is -1.58. The van der Waals surface area contributed by atoms with E-state index < -0.39 is 0 Å². The summed E-state index contributed by atoms with van der Waals surface area (Å²) in [6.45, 7) is 3.28. The van der Waals surface area contributed by atoms with Gasteiger partial charge in [0.05, 0.1) is 5.69 Å². The van der Waals surface area contributed by atoms with Crippen LogP contribution in [0, 0.1) is 5.41 Å². The van der Waals surface area contributed by atoms with E-state index in [1.165, 1.54) is 25.7 Å². The Labute approximate surface area is 109 Å². The Morgan fingerprint density at radius 1 is 1.50 bits per heavy atom. The third kappa shape index (κ3) is 2.63. The van der Waals surface area contributed by atoms with Gasteiger partial charge < -0.3 is 10.6 Å². The van der Waals surface area contributed by atoms with Gasteiger partial charge in [-0.1, -0.05) is 19.8 Å². The number of nitrogens with one attached hydrogen (secondary N) is 1. The smallest absolute Gasteiger partial charge is 0.143 e. The van der Waals surface area contributed by atoms with Gasteiger partial charge in [-0.3, -0.25) is 10.4 Å². The second kappa shape index (κ2) is 5.85. The van der Waals surface area contributed by atoms with Gasteiger partial charge in [-0.2, -0.15) is 0 Å². The van der Waals surface area contributed by atoms with Crippen molar-refractivity contribution in [3.63, 3.8) is 0 Å². The molecule has 2 rings (SSSR count). The summed E-state index contributed by atoms with van der Waals surface area (Å²) < 4.78 is 0. The molecule has 3 N–H and O–H groups in total. The number of rotatable bonds is 3. The van der Waals surface area contributed by atoms with Crippen LogP contribution in [0.25, 0.3) is 0 Å². The van der Waals surface area contributed by atoms with Crippen molar-refractivity contribution < 1.29 is 0 Å². The summed E-state index contributed by atoms with van der Waals surface area (Å²) in [4.78, 5) is 6.66. The largest absolute Gasteiger partial charge is 0.382 e. The molecular formula is C14H22N4. The Bertz CT molecular complexity index is 416.